The van der Waals surface area contributed by atoms with Crippen LogP contribution in [0, 0.1) is 12.8 Å². The highest BCUT2D eigenvalue weighted by atomic mass is 16.5. The predicted octanol–water partition coefficient (Wildman–Crippen LogP) is 2.03. The molecule has 0 spiro atoms. The second kappa shape index (κ2) is 8.12. The van der Waals surface area contributed by atoms with E-state index < -0.39 is 0 Å². The van der Waals surface area contributed by atoms with Crippen molar-refractivity contribution in [1.29, 1.82) is 0 Å². The first-order valence-electron chi connectivity index (χ1n) is 8.87. The molecule has 1 aromatic rings. The third-order valence-electron chi connectivity index (χ3n) is 4.76. The molecule has 1 aliphatic heterocycles. The van der Waals surface area contributed by atoms with E-state index in [0.717, 1.165) is 51.3 Å². The van der Waals surface area contributed by atoms with Crippen LogP contribution in [0.15, 0.2) is 6.20 Å². The lowest BCUT2D eigenvalue weighted by Gasteiger charge is -2.31. The Morgan fingerprint density at radius 2 is 2.04 bits per heavy atom. The molecule has 6 nitrogen and oxygen atoms in total. The second-order valence-corrected chi connectivity index (χ2v) is 7.71. The first kappa shape index (κ1) is 18.9. The van der Waals surface area contributed by atoms with Crippen LogP contribution in [-0.4, -0.2) is 60.5 Å². The Kier molecular flexibility index (Phi) is 6.40. The van der Waals surface area contributed by atoms with Crippen molar-refractivity contribution in [2.45, 2.75) is 46.1 Å². The van der Waals surface area contributed by atoms with Gasteiger partial charge in [0.15, 0.2) is 0 Å². The maximum Gasteiger partial charge on any atom is 0.254 e. The zero-order valence-corrected chi connectivity index (χ0v) is 15.8. The van der Waals surface area contributed by atoms with E-state index >= 15 is 0 Å². The van der Waals surface area contributed by atoms with Gasteiger partial charge in [0, 0.05) is 25.9 Å². The van der Waals surface area contributed by atoms with Crippen molar-refractivity contribution < 1.29 is 9.53 Å². The van der Waals surface area contributed by atoms with Crippen LogP contribution in [-0.2, 0) is 10.3 Å². The SMILES string of the molecule is COCCN1CCC(CNC(=O)c2cnn(C(C)(C)C)c2C)CC1. The Morgan fingerprint density at radius 1 is 1.38 bits per heavy atom. The van der Waals surface area contributed by atoms with Gasteiger partial charge in [-0.1, -0.05) is 0 Å². The fourth-order valence-electron chi connectivity index (χ4n) is 3.28. The van der Waals surface area contributed by atoms with E-state index in [4.69, 9.17) is 4.74 Å². The molecule has 24 heavy (non-hydrogen) atoms. The lowest BCUT2D eigenvalue weighted by atomic mass is 9.96. The Balaban J connectivity index is 1.81. The highest BCUT2D eigenvalue weighted by Gasteiger charge is 2.23. The van der Waals surface area contributed by atoms with Gasteiger partial charge in [-0.05, 0) is 59.5 Å². The van der Waals surface area contributed by atoms with Crippen molar-refractivity contribution in [3.8, 4) is 0 Å². The number of amides is 1. The molecule has 0 radical (unpaired) electrons. The lowest BCUT2D eigenvalue weighted by molar-refractivity contribution is 0.0925. The van der Waals surface area contributed by atoms with Crippen molar-refractivity contribution in [3.05, 3.63) is 17.5 Å². The van der Waals surface area contributed by atoms with Gasteiger partial charge in [-0.15, -0.1) is 0 Å². The number of hydrogen-bond acceptors (Lipinski definition) is 4. The Morgan fingerprint density at radius 3 is 2.58 bits per heavy atom. The van der Waals surface area contributed by atoms with Crippen molar-refractivity contribution >= 4 is 5.91 Å². The van der Waals surface area contributed by atoms with Gasteiger partial charge in [-0.2, -0.15) is 5.10 Å². The molecular formula is C18H32N4O2. The van der Waals surface area contributed by atoms with Crippen molar-refractivity contribution in [2.75, 3.05) is 39.9 Å². The summed E-state index contributed by atoms with van der Waals surface area (Å²) in [6.07, 6.45) is 3.94. The number of nitrogens with one attached hydrogen (secondary N) is 1. The molecule has 0 saturated carbocycles. The average molecular weight is 336 g/mol. The summed E-state index contributed by atoms with van der Waals surface area (Å²) < 4.78 is 7.04. The summed E-state index contributed by atoms with van der Waals surface area (Å²) in [6.45, 7) is 12.9. The van der Waals surface area contributed by atoms with Gasteiger partial charge in [-0.3, -0.25) is 9.48 Å². The number of rotatable bonds is 6. The van der Waals surface area contributed by atoms with Crippen molar-refractivity contribution in [2.24, 2.45) is 5.92 Å². The summed E-state index contributed by atoms with van der Waals surface area (Å²) in [7, 11) is 1.74. The number of carbonyl (C=O) groups is 1. The van der Waals surface area contributed by atoms with Gasteiger partial charge in [0.2, 0.25) is 0 Å². The minimum absolute atomic E-state index is 0.00943. The topological polar surface area (TPSA) is 59.4 Å². The number of likely N-dealkylation sites (tertiary alicyclic amines) is 1. The van der Waals surface area contributed by atoms with E-state index in [0.29, 0.717) is 11.5 Å². The largest absolute Gasteiger partial charge is 0.383 e. The molecule has 0 bridgehead atoms. The Bertz CT molecular complexity index is 540. The smallest absolute Gasteiger partial charge is 0.254 e. The monoisotopic (exact) mass is 336 g/mol. The van der Waals surface area contributed by atoms with Crippen LogP contribution in [0.1, 0.15) is 49.7 Å². The van der Waals surface area contributed by atoms with E-state index in [1.165, 1.54) is 0 Å². The third-order valence-corrected chi connectivity index (χ3v) is 4.76. The molecule has 1 saturated heterocycles. The van der Waals surface area contributed by atoms with Crippen LogP contribution >= 0.6 is 0 Å². The van der Waals surface area contributed by atoms with Gasteiger partial charge in [0.1, 0.15) is 0 Å². The summed E-state index contributed by atoms with van der Waals surface area (Å²) in [5, 5.41) is 7.48. The molecule has 0 unspecified atom stereocenters. The van der Waals surface area contributed by atoms with Crippen molar-refractivity contribution in [1.82, 2.24) is 20.0 Å². The van der Waals surface area contributed by atoms with Gasteiger partial charge in [0.05, 0.1) is 23.9 Å². The summed E-state index contributed by atoms with van der Waals surface area (Å²) in [4.78, 5) is 14.9. The number of methoxy groups -OCH3 is 1. The molecule has 1 amide bonds. The van der Waals surface area contributed by atoms with E-state index in [1.54, 1.807) is 13.3 Å². The van der Waals surface area contributed by atoms with Crippen LogP contribution in [0.25, 0.3) is 0 Å². The van der Waals surface area contributed by atoms with E-state index in [2.05, 4.69) is 36.1 Å². The van der Waals surface area contributed by atoms with Crippen LogP contribution < -0.4 is 5.32 Å². The maximum atomic E-state index is 12.5. The molecule has 0 aromatic carbocycles. The number of nitrogens with zero attached hydrogens (tertiary/aromatic N) is 3. The summed E-state index contributed by atoms with van der Waals surface area (Å²) in [5.74, 6) is 0.551. The fraction of sp³-hybridized carbons (Fsp3) is 0.778. The number of ether oxygens (including phenoxy) is 1. The summed E-state index contributed by atoms with van der Waals surface area (Å²) in [6, 6.07) is 0. The minimum Gasteiger partial charge on any atom is -0.383 e. The van der Waals surface area contributed by atoms with E-state index in [9.17, 15) is 4.79 Å². The van der Waals surface area contributed by atoms with Crippen LogP contribution in [0.3, 0.4) is 0 Å². The Hall–Kier alpha value is -1.40. The van der Waals surface area contributed by atoms with Crippen LogP contribution in [0.2, 0.25) is 0 Å². The molecule has 0 aliphatic carbocycles. The number of piperidine rings is 1. The van der Waals surface area contributed by atoms with Crippen LogP contribution in [0.5, 0.6) is 0 Å². The molecule has 136 valence electrons. The number of carbonyl (C=O) groups excluding carboxylic acids is 1. The van der Waals surface area contributed by atoms with Crippen LogP contribution in [0.4, 0.5) is 0 Å². The van der Waals surface area contributed by atoms with E-state index in [-0.39, 0.29) is 11.4 Å². The molecule has 2 rings (SSSR count). The Labute approximate surface area is 145 Å². The number of hydrogen-bond donors (Lipinski definition) is 1. The molecule has 1 aromatic heterocycles. The zero-order chi connectivity index (χ0) is 17.7. The maximum absolute atomic E-state index is 12.5. The highest BCUT2D eigenvalue weighted by molar-refractivity contribution is 5.95. The fourth-order valence-corrected chi connectivity index (χ4v) is 3.28. The molecule has 1 aliphatic rings. The molecule has 1 N–H and O–H groups in total. The minimum atomic E-state index is -0.113. The van der Waals surface area contributed by atoms with Gasteiger partial charge in [0.25, 0.3) is 5.91 Å². The normalized spacial score (nSPS) is 17.2. The van der Waals surface area contributed by atoms with Gasteiger partial charge < -0.3 is 15.0 Å². The zero-order valence-electron chi connectivity index (χ0n) is 15.8. The summed E-state index contributed by atoms with van der Waals surface area (Å²) >= 11 is 0. The first-order chi connectivity index (χ1) is 11.3. The average Bonchev–Trinajstić information content (AvgIpc) is 2.93. The quantitative estimate of drug-likeness (QED) is 0.863. The van der Waals surface area contributed by atoms with Gasteiger partial charge >= 0.3 is 0 Å². The molecule has 0 atom stereocenters. The number of aromatic nitrogens is 2. The highest BCUT2D eigenvalue weighted by Crippen LogP contribution is 2.19. The van der Waals surface area contributed by atoms with E-state index in [1.807, 2.05) is 11.6 Å². The second-order valence-electron chi connectivity index (χ2n) is 7.71. The third kappa shape index (κ3) is 4.80. The summed E-state index contributed by atoms with van der Waals surface area (Å²) in [5.41, 5.74) is 1.49. The lowest BCUT2D eigenvalue weighted by Crippen LogP contribution is -2.40. The molecule has 2 heterocycles. The first-order valence-corrected chi connectivity index (χ1v) is 8.87. The van der Waals surface area contributed by atoms with Gasteiger partial charge in [-0.25, -0.2) is 0 Å². The standard InChI is InChI=1S/C18H32N4O2/c1-14-16(13-20-22(14)18(2,3)4)17(23)19-12-15-6-8-21(9-7-15)10-11-24-5/h13,15H,6-12H2,1-5H3,(H,19,23). The predicted molar refractivity (Wildman–Crippen MR) is 95.3 cm³/mol. The molecular weight excluding hydrogens is 304 g/mol. The van der Waals surface area contributed by atoms with Crippen molar-refractivity contribution in [3.63, 3.8) is 0 Å². The molecule has 1 fully saturated rings. The molecule has 6 heteroatoms.